The number of primary amides is 1. The Labute approximate surface area is 90.9 Å². The minimum absolute atomic E-state index is 0.144. The molecule has 1 amide bonds. The molecule has 0 aliphatic carbocycles. The van der Waals surface area contributed by atoms with Crippen LogP contribution in [-0.4, -0.2) is 56.7 Å². The number of nitrogens with zero attached hydrogens (tertiary/aromatic N) is 1. The van der Waals surface area contributed by atoms with Gasteiger partial charge in [-0.25, -0.2) is 0 Å². The van der Waals surface area contributed by atoms with Crippen molar-refractivity contribution >= 4 is 5.91 Å². The third-order valence-corrected chi connectivity index (χ3v) is 2.81. The van der Waals surface area contributed by atoms with Crippen molar-refractivity contribution < 1.29 is 9.53 Å². The first-order valence-electron chi connectivity index (χ1n) is 5.40. The molecule has 0 bridgehead atoms. The topological polar surface area (TPSA) is 67.6 Å². The largest absolute Gasteiger partial charge is 0.384 e. The molecule has 0 aromatic carbocycles. The Morgan fingerprint density at radius 1 is 1.53 bits per heavy atom. The Kier molecular flexibility index (Phi) is 5.01. The van der Waals surface area contributed by atoms with E-state index in [1.807, 2.05) is 6.92 Å². The van der Waals surface area contributed by atoms with Crippen LogP contribution in [0, 0.1) is 5.92 Å². The zero-order valence-corrected chi connectivity index (χ0v) is 9.53. The molecule has 1 heterocycles. The summed E-state index contributed by atoms with van der Waals surface area (Å²) in [5, 5.41) is 3.25. The van der Waals surface area contributed by atoms with Gasteiger partial charge in [-0.05, 0) is 0 Å². The van der Waals surface area contributed by atoms with Gasteiger partial charge in [-0.1, -0.05) is 6.92 Å². The van der Waals surface area contributed by atoms with Crippen molar-refractivity contribution in [3.8, 4) is 0 Å². The van der Waals surface area contributed by atoms with Crippen molar-refractivity contribution in [2.75, 3.05) is 39.9 Å². The number of rotatable bonds is 5. The first kappa shape index (κ1) is 12.4. The highest BCUT2D eigenvalue weighted by atomic mass is 16.5. The molecule has 15 heavy (non-hydrogen) atoms. The number of hydrogen-bond acceptors (Lipinski definition) is 4. The van der Waals surface area contributed by atoms with Crippen molar-refractivity contribution in [2.24, 2.45) is 11.7 Å². The Morgan fingerprint density at radius 2 is 2.13 bits per heavy atom. The fourth-order valence-corrected chi connectivity index (χ4v) is 2.13. The summed E-state index contributed by atoms with van der Waals surface area (Å²) in [6.45, 7) is 6.16. The van der Waals surface area contributed by atoms with E-state index in [-0.39, 0.29) is 17.9 Å². The van der Waals surface area contributed by atoms with Gasteiger partial charge in [-0.15, -0.1) is 0 Å². The molecular formula is C10H21N3O2. The van der Waals surface area contributed by atoms with Crippen molar-refractivity contribution in [3.63, 3.8) is 0 Å². The molecule has 2 unspecified atom stereocenters. The van der Waals surface area contributed by atoms with E-state index in [4.69, 9.17) is 10.5 Å². The number of methoxy groups -OCH3 is 1. The van der Waals surface area contributed by atoms with Crippen LogP contribution in [0.2, 0.25) is 0 Å². The number of carbonyl (C=O) groups is 1. The highest BCUT2D eigenvalue weighted by molar-refractivity contribution is 5.80. The van der Waals surface area contributed by atoms with Crippen LogP contribution in [0.25, 0.3) is 0 Å². The molecule has 5 heteroatoms. The van der Waals surface area contributed by atoms with E-state index in [0.717, 1.165) is 26.2 Å². The first-order valence-corrected chi connectivity index (χ1v) is 5.40. The number of nitrogens with one attached hydrogen (secondary N) is 1. The SMILES string of the molecule is COCC(C)C(C(N)=O)N1CCNCC1. The van der Waals surface area contributed by atoms with Crippen molar-refractivity contribution in [1.82, 2.24) is 10.2 Å². The fourth-order valence-electron chi connectivity index (χ4n) is 2.13. The minimum atomic E-state index is -0.249. The quantitative estimate of drug-likeness (QED) is 0.619. The lowest BCUT2D eigenvalue weighted by atomic mass is 10.00. The van der Waals surface area contributed by atoms with Gasteiger partial charge < -0.3 is 15.8 Å². The minimum Gasteiger partial charge on any atom is -0.384 e. The third kappa shape index (κ3) is 3.44. The summed E-state index contributed by atoms with van der Waals surface area (Å²) in [5.74, 6) is -0.105. The number of ether oxygens (including phenoxy) is 1. The summed E-state index contributed by atoms with van der Waals surface area (Å²) in [6, 6.07) is -0.202. The lowest BCUT2D eigenvalue weighted by Crippen LogP contribution is -2.56. The second kappa shape index (κ2) is 6.05. The molecule has 3 N–H and O–H groups in total. The van der Waals surface area contributed by atoms with Crippen molar-refractivity contribution in [2.45, 2.75) is 13.0 Å². The molecule has 2 atom stereocenters. The maximum Gasteiger partial charge on any atom is 0.235 e. The van der Waals surface area contributed by atoms with Gasteiger partial charge in [-0.2, -0.15) is 0 Å². The molecule has 1 rings (SSSR count). The van der Waals surface area contributed by atoms with Crippen LogP contribution in [0.5, 0.6) is 0 Å². The standard InChI is InChI=1S/C10H21N3O2/c1-8(7-15-2)9(10(11)14)13-5-3-12-4-6-13/h8-9,12H,3-7H2,1-2H3,(H2,11,14). The predicted octanol–water partition coefficient (Wildman–Crippen LogP) is -0.972. The molecule has 88 valence electrons. The molecule has 1 aliphatic rings. The number of amides is 1. The van der Waals surface area contributed by atoms with E-state index in [1.54, 1.807) is 7.11 Å². The first-order chi connectivity index (χ1) is 7.16. The normalized spacial score (nSPS) is 22.3. The van der Waals surface area contributed by atoms with Crippen LogP contribution in [-0.2, 0) is 9.53 Å². The van der Waals surface area contributed by atoms with E-state index in [1.165, 1.54) is 0 Å². The summed E-state index contributed by atoms with van der Waals surface area (Å²) in [5.41, 5.74) is 5.44. The Hall–Kier alpha value is -0.650. The molecule has 0 saturated carbocycles. The summed E-state index contributed by atoms with van der Waals surface area (Å²) >= 11 is 0. The van der Waals surface area contributed by atoms with Crippen LogP contribution in [0.3, 0.4) is 0 Å². The smallest absolute Gasteiger partial charge is 0.235 e. The second-order valence-electron chi connectivity index (χ2n) is 4.07. The Morgan fingerprint density at radius 3 is 2.60 bits per heavy atom. The van der Waals surface area contributed by atoms with Crippen LogP contribution in [0.15, 0.2) is 0 Å². The lowest BCUT2D eigenvalue weighted by Gasteiger charge is -2.36. The third-order valence-electron chi connectivity index (χ3n) is 2.81. The zero-order valence-electron chi connectivity index (χ0n) is 9.53. The number of nitrogens with two attached hydrogens (primary N) is 1. The molecule has 1 fully saturated rings. The average molecular weight is 215 g/mol. The summed E-state index contributed by atoms with van der Waals surface area (Å²) < 4.78 is 5.08. The molecule has 0 aromatic heterocycles. The van der Waals surface area contributed by atoms with Gasteiger partial charge in [0.05, 0.1) is 12.6 Å². The molecule has 0 aromatic rings. The zero-order chi connectivity index (χ0) is 11.3. The van der Waals surface area contributed by atoms with Gasteiger partial charge in [0.2, 0.25) is 5.91 Å². The van der Waals surface area contributed by atoms with Gasteiger partial charge in [0.15, 0.2) is 0 Å². The molecule has 1 saturated heterocycles. The van der Waals surface area contributed by atoms with Gasteiger partial charge >= 0.3 is 0 Å². The number of piperazine rings is 1. The van der Waals surface area contributed by atoms with Crippen LogP contribution in [0.1, 0.15) is 6.92 Å². The fraction of sp³-hybridized carbons (Fsp3) is 0.900. The van der Waals surface area contributed by atoms with E-state index >= 15 is 0 Å². The second-order valence-corrected chi connectivity index (χ2v) is 4.07. The van der Waals surface area contributed by atoms with Crippen LogP contribution in [0.4, 0.5) is 0 Å². The average Bonchev–Trinajstić information content (AvgIpc) is 2.19. The highest BCUT2D eigenvalue weighted by Crippen LogP contribution is 2.12. The van der Waals surface area contributed by atoms with Gasteiger partial charge in [0, 0.05) is 39.2 Å². The van der Waals surface area contributed by atoms with E-state index < -0.39 is 0 Å². The van der Waals surface area contributed by atoms with Crippen LogP contribution >= 0.6 is 0 Å². The van der Waals surface area contributed by atoms with Gasteiger partial charge in [0.25, 0.3) is 0 Å². The van der Waals surface area contributed by atoms with Gasteiger partial charge in [-0.3, -0.25) is 9.69 Å². The molecule has 0 spiro atoms. The summed E-state index contributed by atoms with van der Waals surface area (Å²) in [6.07, 6.45) is 0. The lowest BCUT2D eigenvalue weighted by molar-refractivity contribution is -0.126. The maximum absolute atomic E-state index is 11.4. The summed E-state index contributed by atoms with van der Waals surface area (Å²) in [7, 11) is 1.65. The van der Waals surface area contributed by atoms with Crippen molar-refractivity contribution in [3.05, 3.63) is 0 Å². The van der Waals surface area contributed by atoms with E-state index in [0.29, 0.717) is 6.61 Å². The van der Waals surface area contributed by atoms with Crippen LogP contribution < -0.4 is 11.1 Å². The van der Waals surface area contributed by atoms with E-state index in [2.05, 4.69) is 10.2 Å². The van der Waals surface area contributed by atoms with E-state index in [9.17, 15) is 4.79 Å². The highest BCUT2D eigenvalue weighted by Gasteiger charge is 2.30. The van der Waals surface area contributed by atoms with Crippen molar-refractivity contribution in [1.29, 1.82) is 0 Å². The molecule has 0 radical (unpaired) electrons. The molecule has 1 aliphatic heterocycles. The van der Waals surface area contributed by atoms with Gasteiger partial charge in [0.1, 0.15) is 0 Å². The number of hydrogen-bond donors (Lipinski definition) is 2. The maximum atomic E-state index is 11.4. The monoisotopic (exact) mass is 215 g/mol. The Bertz CT molecular complexity index is 205. The predicted molar refractivity (Wildman–Crippen MR) is 58.5 cm³/mol. The number of carbonyl (C=O) groups excluding carboxylic acids is 1. The summed E-state index contributed by atoms with van der Waals surface area (Å²) in [4.78, 5) is 13.6. The Balaban J connectivity index is 2.58. The molecular weight excluding hydrogens is 194 g/mol. The molecule has 5 nitrogen and oxygen atoms in total.